The molecule has 0 amide bonds. The van der Waals surface area contributed by atoms with E-state index in [1.807, 2.05) is 6.92 Å². The van der Waals surface area contributed by atoms with E-state index in [1.54, 1.807) is 0 Å². The molecule has 0 spiro atoms. The smallest absolute Gasteiger partial charge is 0.198 e. The molecule has 284 valence electrons. The molecule has 0 aliphatic carbocycles. The Kier molecular flexibility index (Phi) is 12.2. The van der Waals surface area contributed by atoms with Crippen LogP contribution in [0.1, 0.15) is 39.0 Å². The zero-order valence-corrected chi connectivity index (χ0v) is 27.0. The number of hydrogen-bond donors (Lipinski definition) is 10. The van der Waals surface area contributed by atoms with Crippen molar-refractivity contribution in [2.75, 3.05) is 26.4 Å². The Hall–Kier alpha value is -0.760. The van der Waals surface area contributed by atoms with Gasteiger partial charge in [0.25, 0.3) is 0 Å². The molecule has 10 N–H and O–H groups in total. The molecule has 19 heteroatoms. The number of rotatable bonds is 13. The van der Waals surface area contributed by atoms with Gasteiger partial charge in [0.15, 0.2) is 24.7 Å². The maximum atomic E-state index is 11.4. The lowest BCUT2D eigenvalue weighted by atomic mass is 9.88. The lowest BCUT2D eigenvalue weighted by Gasteiger charge is -2.51. The number of ether oxygens (including phenoxy) is 9. The van der Waals surface area contributed by atoms with Crippen LogP contribution in [-0.4, -0.2) is 200 Å². The van der Waals surface area contributed by atoms with Crippen molar-refractivity contribution >= 4 is 0 Å². The highest BCUT2D eigenvalue weighted by atomic mass is 16.8. The number of unbranched alkanes of at least 4 members (excludes halogenated alkanes) is 3. The number of hydrogen-bond acceptors (Lipinski definition) is 19. The van der Waals surface area contributed by atoms with E-state index in [0.29, 0.717) is 6.42 Å². The zero-order chi connectivity index (χ0) is 35.2. The maximum absolute atomic E-state index is 11.4. The Balaban J connectivity index is 1.16. The molecular formula is C30H50O19. The standard InChI is InChI=1S/C30H50O19/c1-2-3-4-5-6-30(26(39)17(35)15(33)12(8-32)48-30)49-22-14-10-42-25(22)20(38)29(45-14)47-23-16(34)11(7-31)44-28(19(23)37)46-21-13-9-41-24(21)18(36)27(40)43-13/h11-29,31-40H,2-10H2,1H3/t11-,12-,13+,14+,15+,16-,17+,18+,19-,20+,21+,22+,23+,24+,25+,26-,27-,28+,29+,30+/m1/s1. The normalized spacial score (nSPS) is 52.8. The minimum absolute atomic E-state index is 0.0192. The number of aliphatic hydroxyl groups is 10. The highest BCUT2D eigenvalue weighted by molar-refractivity contribution is 5.03. The topological polar surface area (TPSA) is 285 Å². The van der Waals surface area contributed by atoms with Crippen molar-refractivity contribution < 1.29 is 93.7 Å². The van der Waals surface area contributed by atoms with Crippen molar-refractivity contribution in [2.45, 2.75) is 161 Å². The molecule has 0 radical (unpaired) electrons. The molecule has 0 aromatic heterocycles. The molecule has 6 aliphatic rings. The monoisotopic (exact) mass is 714 g/mol. The minimum Gasteiger partial charge on any atom is -0.394 e. The van der Waals surface area contributed by atoms with E-state index in [4.69, 9.17) is 42.6 Å². The van der Waals surface area contributed by atoms with Gasteiger partial charge in [-0.15, -0.1) is 0 Å². The van der Waals surface area contributed by atoms with Crippen LogP contribution in [0.15, 0.2) is 0 Å². The molecule has 4 bridgehead atoms. The van der Waals surface area contributed by atoms with E-state index >= 15 is 0 Å². The summed E-state index contributed by atoms with van der Waals surface area (Å²) in [4.78, 5) is 0. The number of aliphatic hydroxyl groups excluding tert-OH is 10. The fourth-order valence-electron chi connectivity index (χ4n) is 7.52. The molecular weight excluding hydrogens is 664 g/mol. The van der Waals surface area contributed by atoms with Crippen LogP contribution in [0.4, 0.5) is 0 Å². The van der Waals surface area contributed by atoms with Gasteiger partial charge in [0.05, 0.1) is 26.4 Å². The number of fused-ring (bicyclic) bond motifs is 4. The predicted molar refractivity (Wildman–Crippen MR) is 155 cm³/mol. The summed E-state index contributed by atoms with van der Waals surface area (Å²) in [6.07, 6.45) is -23.1. The molecule has 6 fully saturated rings. The SMILES string of the molecule is CCCCCC[C@@]1(O[C@@H]2[C@H]3OC[C@@H]2O[C@@H](O[C@@H]2[C@@H](O)[C@H](O[C@@H]4[C@H]5OC[C@@H]4O[C@@H](O)[C@H]5O)O[C@H](CO)[C@H]2O)[C@H]3O)O[C@H](CO)[C@H](O)[C@H](O)[C@H]1O. The Bertz CT molecular complexity index is 1070. The summed E-state index contributed by atoms with van der Waals surface area (Å²) in [5, 5.41) is 106. The Morgan fingerprint density at radius 3 is 1.92 bits per heavy atom. The molecule has 0 unspecified atom stereocenters. The highest BCUT2D eigenvalue weighted by Gasteiger charge is 2.61. The van der Waals surface area contributed by atoms with Crippen molar-refractivity contribution in [1.82, 2.24) is 0 Å². The highest BCUT2D eigenvalue weighted by Crippen LogP contribution is 2.42. The molecule has 6 aliphatic heterocycles. The Labute approximate surface area is 281 Å². The van der Waals surface area contributed by atoms with Gasteiger partial charge in [0.1, 0.15) is 97.7 Å². The first-order valence-electron chi connectivity index (χ1n) is 17.0. The molecule has 6 saturated heterocycles. The van der Waals surface area contributed by atoms with Crippen LogP contribution >= 0.6 is 0 Å². The van der Waals surface area contributed by atoms with Gasteiger partial charge >= 0.3 is 0 Å². The molecule has 6 heterocycles. The summed E-state index contributed by atoms with van der Waals surface area (Å²) in [6.45, 7) is 0.509. The lowest BCUT2D eigenvalue weighted by molar-refractivity contribution is -0.400. The average Bonchev–Trinajstić information content (AvgIpc) is 3.57. The summed E-state index contributed by atoms with van der Waals surface area (Å²) in [7, 11) is 0. The van der Waals surface area contributed by atoms with Crippen molar-refractivity contribution in [2.24, 2.45) is 0 Å². The largest absolute Gasteiger partial charge is 0.394 e. The third kappa shape index (κ3) is 7.16. The van der Waals surface area contributed by atoms with Crippen LogP contribution < -0.4 is 0 Å². The van der Waals surface area contributed by atoms with Crippen LogP contribution in [-0.2, 0) is 42.6 Å². The second-order valence-electron chi connectivity index (χ2n) is 13.6. The van der Waals surface area contributed by atoms with Crippen LogP contribution in [0, 0.1) is 0 Å². The molecule has 0 saturated carbocycles. The predicted octanol–water partition coefficient (Wildman–Crippen LogP) is -5.32. The summed E-state index contributed by atoms with van der Waals surface area (Å²) < 4.78 is 52.3. The van der Waals surface area contributed by atoms with E-state index in [9.17, 15) is 51.1 Å². The van der Waals surface area contributed by atoms with Crippen molar-refractivity contribution in [1.29, 1.82) is 0 Å². The maximum Gasteiger partial charge on any atom is 0.198 e. The first-order chi connectivity index (χ1) is 23.4. The Morgan fingerprint density at radius 2 is 1.24 bits per heavy atom. The molecule has 0 aromatic rings. The molecule has 6 rings (SSSR count). The second-order valence-corrected chi connectivity index (χ2v) is 13.6. The van der Waals surface area contributed by atoms with Gasteiger partial charge in [-0.05, 0) is 6.42 Å². The minimum atomic E-state index is -1.91. The van der Waals surface area contributed by atoms with E-state index in [1.165, 1.54) is 0 Å². The van der Waals surface area contributed by atoms with Gasteiger partial charge in [0.2, 0.25) is 0 Å². The van der Waals surface area contributed by atoms with Crippen LogP contribution in [0.2, 0.25) is 0 Å². The van der Waals surface area contributed by atoms with Gasteiger partial charge in [-0.2, -0.15) is 0 Å². The third-order valence-corrected chi connectivity index (χ3v) is 10.3. The van der Waals surface area contributed by atoms with Crippen molar-refractivity contribution in [3.63, 3.8) is 0 Å². The Morgan fingerprint density at radius 1 is 0.612 bits per heavy atom. The van der Waals surface area contributed by atoms with Gasteiger partial charge < -0.3 is 93.7 Å². The fraction of sp³-hybridized carbons (Fsp3) is 1.00. The third-order valence-electron chi connectivity index (χ3n) is 10.3. The van der Waals surface area contributed by atoms with Gasteiger partial charge in [0, 0.05) is 6.42 Å². The molecule has 19 nitrogen and oxygen atoms in total. The fourth-order valence-corrected chi connectivity index (χ4v) is 7.52. The van der Waals surface area contributed by atoms with E-state index in [-0.39, 0.29) is 19.6 Å². The lowest BCUT2D eigenvalue weighted by Crippen LogP contribution is -2.69. The summed E-state index contributed by atoms with van der Waals surface area (Å²) in [6, 6.07) is 0. The van der Waals surface area contributed by atoms with Crippen LogP contribution in [0.5, 0.6) is 0 Å². The zero-order valence-electron chi connectivity index (χ0n) is 27.0. The first-order valence-corrected chi connectivity index (χ1v) is 17.0. The molecule has 0 aromatic carbocycles. The summed E-state index contributed by atoms with van der Waals surface area (Å²) in [5.41, 5.74) is 0. The van der Waals surface area contributed by atoms with Gasteiger partial charge in [-0.25, -0.2) is 0 Å². The second kappa shape index (κ2) is 15.7. The van der Waals surface area contributed by atoms with Gasteiger partial charge in [-0.1, -0.05) is 26.2 Å². The molecule has 20 atom stereocenters. The van der Waals surface area contributed by atoms with Crippen molar-refractivity contribution in [3.8, 4) is 0 Å². The van der Waals surface area contributed by atoms with Crippen LogP contribution in [0.25, 0.3) is 0 Å². The molecule has 49 heavy (non-hydrogen) atoms. The van der Waals surface area contributed by atoms with E-state index in [0.717, 1.165) is 19.3 Å². The van der Waals surface area contributed by atoms with Gasteiger partial charge in [-0.3, -0.25) is 0 Å². The quantitative estimate of drug-likeness (QED) is 0.0797. The average molecular weight is 715 g/mol. The summed E-state index contributed by atoms with van der Waals surface area (Å²) in [5.74, 6) is -1.91. The van der Waals surface area contributed by atoms with E-state index in [2.05, 4.69) is 0 Å². The van der Waals surface area contributed by atoms with E-state index < -0.39 is 136 Å². The summed E-state index contributed by atoms with van der Waals surface area (Å²) >= 11 is 0. The van der Waals surface area contributed by atoms with Crippen molar-refractivity contribution in [3.05, 3.63) is 0 Å². The first kappa shape index (κ1) is 38.0. The van der Waals surface area contributed by atoms with Crippen LogP contribution in [0.3, 0.4) is 0 Å².